The molecule has 1 aliphatic heterocycles. The van der Waals surface area contributed by atoms with Gasteiger partial charge in [-0.25, -0.2) is 0 Å². The van der Waals surface area contributed by atoms with E-state index in [1.165, 1.54) is 0 Å². The van der Waals surface area contributed by atoms with Crippen LogP contribution in [0.2, 0.25) is 0 Å². The highest BCUT2D eigenvalue weighted by atomic mass is 16.6. The van der Waals surface area contributed by atoms with E-state index in [0.717, 1.165) is 11.8 Å². The third kappa shape index (κ3) is 1.84. The molecule has 1 saturated heterocycles. The van der Waals surface area contributed by atoms with Crippen molar-refractivity contribution in [1.82, 2.24) is 0 Å². The van der Waals surface area contributed by atoms with Gasteiger partial charge in [0.05, 0.1) is 6.61 Å². The molecule has 74 valence electrons. The predicted molar refractivity (Wildman–Crippen MR) is 51.1 cm³/mol. The van der Waals surface area contributed by atoms with Crippen molar-refractivity contribution in [1.29, 1.82) is 0 Å². The van der Waals surface area contributed by atoms with E-state index in [2.05, 4.69) is 0 Å². The van der Waals surface area contributed by atoms with Gasteiger partial charge in [-0.2, -0.15) is 0 Å². The smallest absolute Gasteiger partial charge is 0.155 e. The van der Waals surface area contributed by atoms with E-state index in [0.29, 0.717) is 18.6 Å². The summed E-state index contributed by atoms with van der Waals surface area (Å²) in [6.45, 7) is 0.557. The van der Waals surface area contributed by atoms with Crippen LogP contribution in [0, 0.1) is 0 Å². The van der Waals surface area contributed by atoms with Gasteiger partial charge in [0.25, 0.3) is 0 Å². The van der Waals surface area contributed by atoms with Crippen molar-refractivity contribution in [3.05, 3.63) is 35.4 Å². The number of carbonyl (C=O) groups excluding carboxylic acids is 1. The Morgan fingerprint density at radius 1 is 1.36 bits per heavy atom. The van der Waals surface area contributed by atoms with Crippen molar-refractivity contribution in [2.45, 2.75) is 18.6 Å². The molecule has 1 N–H and O–H groups in total. The van der Waals surface area contributed by atoms with Crippen LogP contribution in [0.4, 0.5) is 0 Å². The summed E-state index contributed by atoms with van der Waals surface area (Å²) in [5, 5.41) is 9.18. The number of hydrogen-bond donors (Lipinski definition) is 1. The van der Waals surface area contributed by atoms with Gasteiger partial charge in [0.1, 0.15) is 6.29 Å². The topological polar surface area (TPSA) is 46.5 Å². The van der Waals surface area contributed by atoms with Crippen LogP contribution < -0.4 is 0 Å². The summed E-state index contributed by atoms with van der Waals surface area (Å²) < 4.78 is 5.06. The molecular formula is C11H12O3. The fraction of sp³-hybridized carbons (Fsp3) is 0.364. The first-order valence-electron chi connectivity index (χ1n) is 4.64. The first-order chi connectivity index (χ1) is 6.79. The fourth-order valence-electron chi connectivity index (χ4n) is 1.69. The van der Waals surface area contributed by atoms with Crippen LogP contribution in [0.1, 0.15) is 28.3 Å². The Kier molecular flexibility index (Phi) is 2.61. The Balaban J connectivity index is 2.13. The Hall–Kier alpha value is -1.19. The second kappa shape index (κ2) is 3.90. The molecule has 2 atom stereocenters. The van der Waals surface area contributed by atoms with Crippen LogP contribution in [0.15, 0.2) is 24.3 Å². The number of ether oxygens (including phenoxy) is 1. The van der Waals surface area contributed by atoms with Crippen LogP contribution in [-0.4, -0.2) is 24.3 Å². The van der Waals surface area contributed by atoms with Gasteiger partial charge >= 0.3 is 0 Å². The minimum absolute atomic E-state index is 0.255. The summed E-state index contributed by atoms with van der Waals surface area (Å²) in [4.78, 5) is 10.4. The van der Waals surface area contributed by atoms with Gasteiger partial charge in [-0.3, -0.25) is 4.79 Å². The van der Waals surface area contributed by atoms with Crippen LogP contribution in [0.25, 0.3) is 0 Å². The highest BCUT2D eigenvalue weighted by molar-refractivity contribution is 5.74. The summed E-state index contributed by atoms with van der Waals surface area (Å²) in [6, 6.07) is 7.39. The molecule has 0 radical (unpaired) electrons. The van der Waals surface area contributed by atoms with Crippen LogP contribution in [0.5, 0.6) is 0 Å². The van der Waals surface area contributed by atoms with Crippen molar-refractivity contribution < 1.29 is 14.6 Å². The molecule has 1 aliphatic rings. The summed E-state index contributed by atoms with van der Waals surface area (Å²) in [5.74, 6) is 0.255. The number of hydrogen-bond acceptors (Lipinski definition) is 3. The molecule has 3 nitrogen and oxygen atoms in total. The molecule has 1 aromatic rings. The van der Waals surface area contributed by atoms with E-state index in [9.17, 15) is 9.90 Å². The van der Waals surface area contributed by atoms with Gasteiger partial charge in [0.2, 0.25) is 0 Å². The molecule has 2 rings (SSSR count). The maximum absolute atomic E-state index is 10.4. The SMILES string of the molecule is O=Cc1ccc(C2COC(O)C2)cc1. The van der Waals surface area contributed by atoms with Gasteiger partial charge in [-0.1, -0.05) is 24.3 Å². The van der Waals surface area contributed by atoms with Crippen molar-refractivity contribution in [2.75, 3.05) is 6.61 Å². The molecule has 0 aliphatic carbocycles. The van der Waals surface area contributed by atoms with Gasteiger partial charge < -0.3 is 9.84 Å². The molecule has 0 bridgehead atoms. The lowest BCUT2D eigenvalue weighted by atomic mass is 9.97. The van der Waals surface area contributed by atoms with E-state index in [-0.39, 0.29) is 5.92 Å². The molecule has 0 saturated carbocycles. The highest BCUT2D eigenvalue weighted by Gasteiger charge is 2.24. The molecule has 0 aromatic heterocycles. The number of benzene rings is 1. The Morgan fingerprint density at radius 3 is 2.57 bits per heavy atom. The lowest BCUT2D eigenvalue weighted by Gasteiger charge is -2.06. The lowest BCUT2D eigenvalue weighted by molar-refractivity contribution is -0.0589. The first kappa shape index (κ1) is 9.37. The molecule has 1 heterocycles. The molecule has 14 heavy (non-hydrogen) atoms. The van der Waals surface area contributed by atoms with Gasteiger partial charge in [0, 0.05) is 17.9 Å². The minimum atomic E-state index is -0.634. The maximum atomic E-state index is 10.4. The highest BCUT2D eigenvalue weighted by Crippen LogP contribution is 2.28. The van der Waals surface area contributed by atoms with E-state index in [1.54, 1.807) is 12.1 Å². The number of rotatable bonds is 2. The molecular weight excluding hydrogens is 180 g/mol. The zero-order valence-corrected chi connectivity index (χ0v) is 7.72. The zero-order chi connectivity index (χ0) is 9.97. The van der Waals surface area contributed by atoms with Crippen molar-refractivity contribution >= 4 is 6.29 Å². The average molecular weight is 192 g/mol. The van der Waals surface area contributed by atoms with Crippen molar-refractivity contribution in [3.63, 3.8) is 0 Å². The molecule has 1 aromatic carbocycles. The molecule has 0 amide bonds. The van der Waals surface area contributed by atoms with Gasteiger partial charge in [-0.15, -0.1) is 0 Å². The summed E-state index contributed by atoms with van der Waals surface area (Å²) >= 11 is 0. The summed E-state index contributed by atoms with van der Waals surface area (Å²) in [5.41, 5.74) is 1.79. The summed E-state index contributed by atoms with van der Waals surface area (Å²) in [7, 11) is 0. The van der Waals surface area contributed by atoms with E-state index < -0.39 is 6.29 Å². The normalized spacial score (nSPS) is 26.4. The minimum Gasteiger partial charge on any atom is -0.368 e. The van der Waals surface area contributed by atoms with Crippen LogP contribution in [0.3, 0.4) is 0 Å². The Bertz CT molecular complexity index is 318. The second-order valence-corrected chi connectivity index (χ2v) is 3.51. The number of carbonyl (C=O) groups is 1. The zero-order valence-electron chi connectivity index (χ0n) is 7.72. The number of aldehydes is 1. The first-order valence-corrected chi connectivity index (χ1v) is 4.64. The standard InChI is InChI=1S/C11H12O3/c12-6-8-1-3-9(4-2-8)10-5-11(13)14-7-10/h1-4,6,10-11,13H,5,7H2. The molecule has 0 spiro atoms. The van der Waals surface area contributed by atoms with Crippen LogP contribution in [-0.2, 0) is 4.74 Å². The van der Waals surface area contributed by atoms with Crippen molar-refractivity contribution in [3.8, 4) is 0 Å². The predicted octanol–water partition coefficient (Wildman–Crippen LogP) is 1.32. The van der Waals surface area contributed by atoms with Crippen molar-refractivity contribution in [2.24, 2.45) is 0 Å². The van der Waals surface area contributed by atoms with E-state index >= 15 is 0 Å². The average Bonchev–Trinajstić information content (AvgIpc) is 2.65. The Morgan fingerprint density at radius 2 is 2.07 bits per heavy atom. The van der Waals surface area contributed by atoms with E-state index in [1.807, 2.05) is 12.1 Å². The lowest BCUT2D eigenvalue weighted by Crippen LogP contribution is -2.01. The third-order valence-electron chi connectivity index (χ3n) is 2.52. The van der Waals surface area contributed by atoms with Crippen LogP contribution >= 0.6 is 0 Å². The Labute approximate surface area is 82.3 Å². The molecule has 2 unspecified atom stereocenters. The maximum Gasteiger partial charge on any atom is 0.155 e. The number of aliphatic hydroxyl groups is 1. The quantitative estimate of drug-likeness (QED) is 0.719. The summed E-state index contributed by atoms with van der Waals surface area (Å²) in [6.07, 6.45) is 0.829. The molecule has 1 fully saturated rings. The second-order valence-electron chi connectivity index (χ2n) is 3.51. The monoisotopic (exact) mass is 192 g/mol. The van der Waals surface area contributed by atoms with Gasteiger partial charge in [0.15, 0.2) is 6.29 Å². The fourth-order valence-corrected chi connectivity index (χ4v) is 1.69. The van der Waals surface area contributed by atoms with E-state index in [4.69, 9.17) is 4.74 Å². The largest absolute Gasteiger partial charge is 0.368 e. The number of aliphatic hydroxyl groups excluding tert-OH is 1. The van der Waals surface area contributed by atoms with Gasteiger partial charge in [-0.05, 0) is 5.56 Å². The molecule has 3 heteroatoms. The third-order valence-corrected chi connectivity index (χ3v) is 2.52.